The number of benzene rings is 2. The van der Waals surface area contributed by atoms with Crippen molar-refractivity contribution in [3.63, 3.8) is 0 Å². The number of hydrogen-bond donors (Lipinski definition) is 1. The first-order valence-corrected chi connectivity index (χ1v) is 9.93. The number of fused-ring (bicyclic) bond motifs is 1. The Hall–Kier alpha value is -3.16. The van der Waals surface area contributed by atoms with Crippen LogP contribution >= 0.6 is 22.9 Å². The van der Waals surface area contributed by atoms with Crippen LogP contribution in [0.2, 0.25) is 5.02 Å². The first kappa shape index (κ1) is 19.2. The molecule has 0 saturated carbocycles. The number of rotatable bonds is 5. The van der Waals surface area contributed by atoms with Gasteiger partial charge in [0.05, 0.1) is 36.1 Å². The Balaban J connectivity index is 1.52. The second-order valence-electron chi connectivity index (χ2n) is 6.27. The SMILES string of the molecule is COC(=O)c1ccccc1Cn1cc(NC(=O)c2sc3ccccc3c2Cl)cn1. The number of aromatic nitrogens is 2. The lowest BCUT2D eigenvalue weighted by Gasteiger charge is -2.07. The Labute approximate surface area is 175 Å². The Morgan fingerprint density at radius 2 is 1.93 bits per heavy atom. The van der Waals surface area contributed by atoms with Crippen LogP contribution in [-0.2, 0) is 11.3 Å². The normalized spacial score (nSPS) is 10.8. The predicted octanol–water partition coefficient (Wildman–Crippen LogP) is 4.84. The van der Waals surface area contributed by atoms with Crippen LogP contribution in [0.5, 0.6) is 0 Å². The molecule has 1 N–H and O–H groups in total. The van der Waals surface area contributed by atoms with Crippen molar-refractivity contribution in [1.29, 1.82) is 0 Å². The second kappa shape index (κ2) is 8.06. The number of halogens is 1. The van der Waals surface area contributed by atoms with Crippen molar-refractivity contribution in [3.8, 4) is 0 Å². The van der Waals surface area contributed by atoms with Crippen molar-refractivity contribution in [2.45, 2.75) is 6.54 Å². The van der Waals surface area contributed by atoms with Gasteiger partial charge >= 0.3 is 5.97 Å². The van der Waals surface area contributed by atoms with Crippen LogP contribution in [0.1, 0.15) is 25.6 Å². The smallest absolute Gasteiger partial charge is 0.338 e. The fourth-order valence-corrected chi connectivity index (χ4v) is 4.42. The van der Waals surface area contributed by atoms with E-state index >= 15 is 0 Å². The third-order valence-corrected chi connectivity index (χ3v) is 6.06. The standard InChI is InChI=1S/C21H16ClN3O3S/c1-28-21(27)15-7-3-2-6-13(15)11-25-12-14(10-23-25)24-20(26)19-18(22)16-8-4-5-9-17(16)29-19/h2-10,12H,11H2,1H3,(H,24,26). The molecule has 2 aromatic carbocycles. The monoisotopic (exact) mass is 425 g/mol. The molecule has 6 nitrogen and oxygen atoms in total. The van der Waals surface area contributed by atoms with E-state index in [9.17, 15) is 9.59 Å². The zero-order chi connectivity index (χ0) is 20.4. The van der Waals surface area contributed by atoms with Gasteiger partial charge in [-0.15, -0.1) is 11.3 Å². The molecule has 8 heteroatoms. The zero-order valence-electron chi connectivity index (χ0n) is 15.4. The predicted molar refractivity (Wildman–Crippen MR) is 114 cm³/mol. The van der Waals surface area contributed by atoms with Crippen molar-refractivity contribution in [1.82, 2.24) is 9.78 Å². The van der Waals surface area contributed by atoms with Gasteiger partial charge in [0.2, 0.25) is 0 Å². The molecule has 0 saturated heterocycles. The number of hydrogen-bond acceptors (Lipinski definition) is 5. The van der Waals surface area contributed by atoms with E-state index in [-0.39, 0.29) is 5.91 Å². The summed E-state index contributed by atoms with van der Waals surface area (Å²) in [6, 6.07) is 14.8. The summed E-state index contributed by atoms with van der Waals surface area (Å²) in [5.41, 5.74) is 1.79. The molecule has 0 aliphatic carbocycles. The zero-order valence-corrected chi connectivity index (χ0v) is 17.0. The molecular weight excluding hydrogens is 410 g/mol. The van der Waals surface area contributed by atoms with Crippen LogP contribution in [0.15, 0.2) is 60.9 Å². The fourth-order valence-electron chi connectivity index (χ4n) is 3.00. The van der Waals surface area contributed by atoms with Gasteiger partial charge in [-0.1, -0.05) is 48.0 Å². The fraction of sp³-hybridized carbons (Fsp3) is 0.0952. The molecule has 0 atom stereocenters. The van der Waals surface area contributed by atoms with Crippen LogP contribution in [0, 0.1) is 0 Å². The highest BCUT2D eigenvalue weighted by molar-refractivity contribution is 7.21. The first-order chi connectivity index (χ1) is 14.1. The molecule has 0 bridgehead atoms. The Morgan fingerprint density at radius 1 is 1.17 bits per heavy atom. The van der Waals surface area contributed by atoms with Crippen LogP contribution in [0.25, 0.3) is 10.1 Å². The summed E-state index contributed by atoms with van der Waals surface area (Å²) >= 11 is 7.72. The van der Waals surface area contributed by atoms with E-state index in [0.717, 1.165) is 15.6 Å². The van der Waals surface area contributed by atoms with E-state index in [1.807, 2.05) is 36.4 Å². The summed E-state index contributed by atoms with van der Waals surface area (Å²) in [4.78, 5) is 25.0. The minimum Gasteiger partial charge on any atom is -0.465 e. The Morgan fingerprint density at radius 3 is 2.72 bits per heavy atom. The van der Waals surface area contributed by atoms with Crippen molar-refractivity contribution in [3.05, 3.63) is 82.0 Å². The molecule has 0 spiro atoms. The van der Waals surface area contributed by atoms with Gasteiger partial charge in [-0.05, 0) is 17.7 Å². The molecule has 2 aromatic heterocycles. The van der Waals surface area contributed by atoms with E-state index in [1.165, 1.54) is 18.4 Å². The number of methoxy groups -OCH3 is 1. The van der Waals surface area contributed by atoms with Gasteiger partial charge in [-0.25, -0.2) is 4.79 Å². The number of anilines is 1. The number of ether oxygens (including phenoxy) is 1. The van der Waals surface area contributed by atoms with Crippen molar-refractivity contribution >= 4 is 50.6 Å². The molecule has 29 heavy (non-hydrogen) atoms. The van der Waals surface area contributed by atoms with Gasteiger partial charge in [-0.3, -0.25) is 9.48 Å². The van der Waals surface area contributed by atoms with E-state index in [1.54, 1.807) is 29.2 Å². The quantitative estimate of drug-likeness (QED) is 0.464. The minimum atomic E-state index is -0.402. The molecule has 2 heterocycles. The highest BCUT2D eigenvalue weighted by Gasteiger charge is 2.18. The molecule has 0 unspecified atom stereocenters. The number of carbonyl (C=O) groups excluding carboxylic acids is 2. The molecule has 0 aliphatic heterocycles. The number of nitrogens with zero attached hydrogens (tertiary/aromatic N) is 2. The van der Waals surface area contributed by atoms with Crippen LogP contribution < -0.4 is 5.32 Å². The van der Waals surface area contributed by atoms with Crippen LogP contribution in [0.4, 0.5) is 5.69 Å². The van der Waals surface area contributed by atoms with Crippen LogP contribution in [-0.4, -0.2) is 28.8 Å². The summed E-state index contributed by atoms with van der Waals surface area (Å²) in [6.07, 6.45) is 3.26. The van der Waals surface area contributed by atoms with E-state index < -0.39 is 5.97 Å². The molecule has 1 amide bonds. The average Bonchev–Trinajstić information content (AvgIpc) is 3.32. The van der Waals surface area contributed by atoms with E-state index in [2.05, 4.69) is 10.4 Å². The van der Waals surface area contributed by atoms with Crippen molar-refractivity contribution < 1.29 is 14.3 Å². The highest BCUT2D eigenvalue weighted by atomic mass is 35.5. The number of esters is 1. The number of carbonyl (C=O) groups is 2. The lowest BCUT2D eigenvalue weighted by atomic mass is 10.1. The third-order valence-electron chi connectivity index (χ3n) is 4.39. The van der Waals surface area contributed by atoms with Gasteiger partial charge in [0, 0.05) is 16.3 Å². The summed E-state index contributed by atoms with van der Waals surface area (Å²) < 4.78 is 7.42. The Bertz CT molecular complexity index is 1210. The lowest BCUT2D eigenvalue weighted by Crippen LogP contribution is -2.10. The average molecular weight is 426 g/mol. The molecule has 0 aliphatic rings. The highest BCUT2D eigenvalue weighted by Crippen LogP contribution is 2.35. The number of amides is 1. The molecule has 0 fully saturated rings. The topological polar surface area (TPSA) is 73.2 Å². The summed E-state index contributed by atoms with van der Waals surface area (Å²) in [5, 5.41) is 8.40. The van der Waals surface area contributed by atoms with Gasteiger partial charge < -0.3 is 10.1 Å². The van der Waals surface area contributed by atoms with Gasteiger partial charge in [0.15, 0.2) is 0 Å². The van der Waals surface area contributed by atoms with Crippen LogP contribution in [0.3, 0.4) is 0 Å². The lowest BCUT2D eigenvalue weighted by molar-refractivity contribution is 0.0599. The molecule has 4 rings (SSSR count). The van der Waals surface area contributed by atoms with E-state index in [0.29, 0.717) is 27.7 Å². The number of nitrogens with one attached hydrogen (secondary N) is 1. The molecule has 4 aromatic rings. The van der Waals surface area contributed by atoms with Crippen molar-refractivity contribution in [2.75, 3.05) is 12.4 Å². The maximum atomic E-state index is 12.7. The summed E-state index contributed by atoms with van der Waals surface area (Å²) in [7, 11) is 1.35. The molecule has 146 valence electrons. The van der Waals surface area contributed by atoms with Gasteiger partial charge in [0.25, 0.3) is 5.91 Å². The summed E-state index contributed by atoms with van der Waals surface area (Å²) in [5.74, 6) is -0.689. The molecule has 0 radical (unpaired) electrons. The maximum absolute atomic E-state index is 12.7. The van der Waals surface area contributed by atoms with Gasteiger partial charge in [-0.2, -0.15) is 5.10 Å². The molecular formula is C21H16ClN3O3S. The minimum absolute atomic E-state index is 0.286. The summed E-state index contributed by atoms with van der Waals surface area (Å²) in [6.45, 7) is 0.366. The first-order valence-electron chi connectivity index (χ1n) is 8.74. The van der Waals surface area contributed by atoms with E-state index in [4.69, 9.17) is 16.3 Å². The Kier molecular flexibility index (Phi) is 5.33. The largest absolute Gasteiger partial charge is 0.465 e. The third kappa shape index (κ3) is 3.87. The maximum Gasteiger partial charge on any atom is 0.338 e. The second-order valence-corrected chi connectivity index (χ2v) is 7.70. The van der Waals surface area contributed by atoms with Gasteiger partial charge in [0.1, 0.15) is 4.88 Å². The van der Waals surface area contributed by atoms with Crippen molar-refractivity contribution in [2.24, 2.45) is 0 Å². The number of thiophene rings is 1.